The van der Waals surface area contributed by atoms with Crippen LogP contribution in [0.2, 0.25) is 0 Å². The first kappa shape index (κ1) is 9.97. The van der Waals surface area contributed by atoms with Gasteiger partial charge in [0.2, 0.25) is 0 Å². The van der Waals surface area contributed by atoms with Crippen LogP contribution in [0.5, 0.6) is 0 Å². The lowest BCUT2D eigenvalue weighted by Gasteiger charge is -1.94. The van der Waals surface area contributed by atoms with Gasteiger partial charge in [-0.25, -0.2) is 0 Å². The molecule has 1 aromatic carbocycles. The van der Waals surface area contributed by atoms with Crippen LogP contribution < -0.4 is 0 Å². The molecule has 0 aliphatic heterocycles. The highest BCUT2D eigenvalue weighted by Gasteiger charge is 2.15. The topological polar surface area (TPSA) is 30.2 Å². The van der Waals surface area contributed by atoms with Crippen LogP contribution in [0.1, 0.15) is 35.9 Å². The molecule has 15 heavy (non-hydrogen) atoms. The Kier molecular flexibility index (Phi) is 2.58. The van der Waals surface area contributed by atoms with E-state index in [0.29, 0.717) is 12.2 Å². The van der Waals surface area contributed by atoms with Crippen LogP contribution in [0.3, 0.4) is 0 Å². The fourth-order valence-electron chi connectivity index (χ4n) is 1.78. The summed E-state index contributed by atoms with van der Waals surface area (Å²) in [6.45, 7) is 3.94. The predicted octanol–water partition coefficient (Wildman–Crippen LogP) is 3.72. The van der Waals surface area contributed by atoms with E-state index < -0.39 is 0 Å². The first-order valence-corrected chi connectivity index (χ1v) is 5.25. The molecule has 0 unspecified atom stereocenters. The second kappa shape index (κ2) is 3.89. The van der Waals surface area contributed by atoms with Gasteiger partial charge in [-0.05, 0) is 19.4 Å². The Morgan fingerprint density at radius 3 is 2.73 bits per heavy atom. The number of carbonyl (C=O) groups excluding carboxylic acids is 1. The second-order valence-electron chi connectivity index (χ2n) is 3.73. The summed E-state index contributed by atoms with van der Waals surface area (Å²) in [5, 5.41) is 1.04. The second-order valence-corrected chi connectivity index (χ2v) is 3.73. The third-order valence-corrected chi connectivity index (χ3v) is 2.57. The third-order valence-electron chi connectivity index (χ3n) is 2.57. The van der Waals surface area contributed by atoms with Gasteiger partial charge in [-0.15, -0.1) is 0 Å². The summed E-state index contributed by atoms with van der Waals surface area (Å²) < 4.78 is 5.56. The maximum absolute atomic E-state index is 11.7. The monoisotopic (exact) mass is 202 g/mol. The van der Waals surface area contributed by atoms with Crippen molar-refractivity contribution in [3.8, 4) is 0 Å². The summed E-state index contributed by atoms with van der Waals surface area (Å²) in [4.78, 5) is 11.7. The van der Waals surface area contributed by atoms with Gasteiger partial charge >= 0.3 is 0 Å². The van der Waals surface area contributed by atoms with Crippen LogP contribution in [0.4, 0.5) is 0 Å². The molecule has 1 aromatic heterocycles. The highest BCUT2D eigenvalue weighted by atomic mass is 16.3. The Bertz CT molecular complexity index is 494. The van der Waals surface area contributed by atoms with Gasteiger partial charge in [0.1, 0.15) is 5.58 Å². The minimum absolute atomic E-state index is 0.103. The number of rotatable bonds is 3. The fraction of sp³-hybridized carbons (Fsp3) is 0.308. The van der Waals surface area contributed by atoms with Gasteiger partial charge in [0.05, 0.1) is 0 Å². The molecule has 0 amide bonds. The molecular weight excluding hydrogens is 188 g/mol. The average Bonchev–Trinajstić information content (AvgIpc) is 2.57. The Morgan fingerprint density at radius 2 is 2.07 bits per heavy atom. The maximum atomic E-state index is 11.7. The maximum Gasteiger partial charge on any atom is 0.198 e. The highest BCUT2D eigenvalue weighted by molar-refractivity contribution is 6.00. The standard InChI is InChI=1S/C13H14O2/c1-3-6-11(14)13-9(2)10-7-4-5-8-12(10)15-13/h4-5,7-8H,3,6H2,1-2H3. The van der Waals surface area contributed by atoms with Crippen LogP contribution in [0.25, 0.3) is 11.0 Å². The molecule has 0 aliphatic carbocycles. The molecule has 2 rings (SSSR count). The Balaban J connectivity index is 2.53. The van der Waals surface area contributed by atoms with Gasteiger partial charge < -0.3 is 4.42 Å². The molecule has 0 bridgehead atoms. The Hall–Kier alpha value is -1.57. The summed E-state index contributed by atoms with van der Waals surface area (Å²) in [6, 6.07) is 7.75. The minimum atomic E-state index is 0.103. The molecule has 0 saturated carbocycles. The summed E-state index contributed by atoms with van der Waals surface area (Å²) in [5.41, 5.74) is 1.76. The van der Waals surface area contributed by atoms with E-state index in [4.69, 9.17) is 4.42 Å². The molecule has 0 fully saturated rings. The van der Waals surface area contributed by atoms with E-state index in [-0.39, 0.29) is 5.78 Å². The van der Waals surface area contributed by atoms with E-state index >= 15 is 0 Å². The summed E-state index contributed by atoms with van der Waals surface area (Å²) in [6.07, 6.45) is 1.41. The lowest BCUT2D eigenvalue weighted by Crippen LogP contribution is -1.97. The van der Waals surface area contributed by atoms with E-state index in [1.54, 1.807) is 0 Å². The largest absolute Gasteiger partial charge is 0.453 e. The zero-order valence-corrected chi connectivity index (χ0v) is 9.04. The van der Waals surface area contributed by atoms with Crippen LogP contribution in [-0.2, 0) is 0 Å². The fourth-order valence-corrected chi connectivity index (χ4v) is 1.78. The quantitative estimate of drug-likeness (QED) is 0.710. The van der Waals surface area contributed by atoms with Crippen molar-refractivity contribution in [2.24, 2.45) is 0 Å². The van der Waals surface area contributed by atoms with Gasteiger partial charge in [0, 0.05) is 17.4 Å². The van der Waals surface area contributed by atoms with Crippen LogP contribution in [0.15, 0.2) is 28.7 Å². The molecule has 0 N–H and O–H groups in total. The number of aryl methyl sites for hydroxylation is 1. The average molecular weight is 202 g/mol. The van der Waals surface area contributed by atoms with Crippen molar-refractivity contribution in [1.82, 2.24) is 0 Å². The van der Waals surface area contributed by atoms with Crippen LogP contribution in [-0.4, -0.2) is 5.78 Å². The molecule has 2 aromatic rings. The van der Waals surface area contributed by atoms with E-state index in [0.717, 1.165) is 23.0 Å². The molecular formula is C13H14O2. The minimum Gasteiger partial charge on any atom is -0.453 e. The van der Waals surface area contributed by atoms with Crippen LogP contribution >= 0.6 is 0 Å². The van der Waals surface area contributed by atoms with Crippen molar-refractivity contribution in [2.45, 2.75) is 26.7 Å². The molecule has 78 valence electrons. The van der Waals surface area contributed by atoms with Crippen molar-refractivity contribution in [3.63, 3.8) is 0 Å². The zero-order valence-electron chi connectivity index (χ0n) is 9.04. The summed E-state index contributed by atoms with van der Waals surface area (Å²) in [7, 11) is 0. The molecule has 2 nitrogen and oxygen atoms in total. The normalized spacial score (nSPS) is 10.8. The SMILES string of the molecule is CCCC(=O)c1oc2ccccc2c1C. The van der Waals surface area contributed by atoms with E-state index in [1.807, 2.05) is 38.1 Å². The lowest BCUT2D eigenvalue weighted by molar-refractivity contribution is 0.0956. The summed E-state index contributed by atoms with van der Waals surface area (Å²) in [5.74, 6) is 0.629. The number of para-hydroxylation sites is 1. The van der Waals surface area contributed by atoms with Crippen molar-refractivity contribution in [3.05, 3.63) is 35.6 Å². The number of Topliss-reactive ketones (excluding diaryl/α,β-unsaturated/α-hetero) is 1. The number of hydrogen-bond donors (Lipinski definition) is 0. The first-order chi connectivity index (χ1) is 7.24. The number of carbonyl (C=O) groups is 1. The van der Waals surface area contributed by atoms with Crippen molar-refractivity contribution < 1.29 is 9.21 Å². The number of benzene rings is 1. The van der Waals surface area contributed by atoms with Crippen LogP contribution in [0, 0.1) is 6.92 Å². The van der Waals surface area contributed by atoms with E-state index in [1.165, 1.54) is 0 Å². The number of furan rings is 1. The van der Waals surface area contributed by atoms with Gasteiger partial charge in [-0.1, -0.05) is 25.1 Å². The number of fused-ring (bicyclic) bond motifs is 1. The van der Waals surface area contributed by atoms with Gasteiger partial charge in [-0.3, -0.25) is 4.79 Å². The van der Waals surface area contributed by atoms with Gasteiger partial charge in [0.15, 0.2) is 11.5 Å². The van der Waals surface area contributed by atoms with Gasteiger partial charge in [0.25, 0.3) is 0 Å². The van der Waals surface area contributed by atoms with Gasteiger partial charge in [-0.2, -0.15) is 0 Å². The van der Waals surface area contributed by atoms with E-state index in [9.17, 15) is 4.79 Å². The molecule has 1 heterocycles. The number of ketones is 1. The molecule has 0 atom stereocenters. The van der Waals surface area contributed by atoms with Crippen molar-refractivity contribution in [1.29, 1.82) is 0 Å². The Labute approximate surface area is 88.9 Å². The van der Waals surface area contributed by atoms with Crippen molar-refractivity contribution in [2.75, 3.05) is 0 Å². The summed E-state index contributed by atoms with van der Waals surface area (Å²) >= 11 is 0. The molecule has 0 aliphatic rings. The molecule has 2 heteroatoms. The molecule has 0 spiro atoms. The smallest absolute Gasteiger partial charge is 0.198 e. The zero-order chi connectivity index (χ0) is 10.8. The predicted molar refractivity (Wildman–Crippen MR) is 60.2 cm³/mol. The lowest BCUT2D eigenvalue weighted by atomic mass is 10.1. The first-order valence-electron chi connectivity index (χ1n) is 5.25. The molecule has 0 saturated heterocycles. The van der Waals surface area contributed by atoms with Crippen molar-refractivity contribution >= 4 is 16.8 Å². The highest BCUT2D eigenvalue weighted by Crippen LogP contribution is 2.25. The third kappa shape index (κ3) is 1.67. The van der Waals surface area contributed by atoms with E-state index in [2.05, 4.69) is 0 Å². The Morgan fingerprint density at radius 1 is 1.33 bits per heavy atom. The molecule has 0 radical (unpaired) electrons. The number of hydrogen-bond acceptors (Lipinski definition) is 2.